The summed E-state index contributed by atoms with van der Waals surface area (Å²) in [6, 6.07) is 3.49. The third-order valence-corrected chi connectivity index (χ3v) is 3.94. The minimum absolute atomic E-state index is 0.378. The van der Waals surface area contributed by atoms with Gasteiger partial charge in [-0.1, -0.05) is 19.3 Å². The Kier molecular flexibility index (Phi) is 3.21. The maximum Gasteiger partial charge on any atom is 0.311 e. The second-order valence-electron chi connectivity index (χ2n) is 5.24. The number of carbonyl (C=O) groups is 1. The summed E-state index contributed by atoms with van der Waals surface area (Å²) in [5.41, 5.74) is -0.128. The number of fused-ring (bicyclic) bond motifs is 1. The molecule has 2 N–H and O–H groups in total. The van der Waals surface area contributed by atoms with E-state index in [1.54, 1.807) is 12.1 Å². The van der Waals surface area contributed by atoms with Gasteiger partial charge in [-0.15, -0.1) is 14.8 Å². The summed E-state index contributed by atoms with van der Waals surface area (Å²) < 4.78 is 1.32. The number of carboxylic acid groups (broad SMARTS) is 1. The van der Waals surface area contributed by atoms with E-state index in [-0.39, 0.29) is 0 Å². The van der Waals surface area contributed by atoms with Crippen molar-refractivity contribution >= 4 is 17.4 Å². The highest BCUT2D eigenvalue weighted by Gasteiger charge is 2.39. The molecule has 8 heteroatoms. The van der Waals surface area contributed by atoms with Gasteiger partial charge in [0, 0.05) is 6.54 Å². The van der Waals surface area contributed by atoms with Crippen molar-refractivity contribution in [1.29, 1.82) is 0 Å². The zero-order chi connectivity index (χ0) is 14.0. The van der Waals surface area contributed by atoms with E-state index in [1.807, 2.05) is 0 Å². The van der Waals surface area contributed by atoms with Crippen LogP contribution < -0.4 is 5.32 Å². The van der Waals surface area contributed by atoms with Crippen LogP contribution in [0.1, 0.15) is 32.1 Å². The Bertz CT molecular complexity index is 619. The van der Waals surface area contributed by atoms with Crippen LogP contribution in [0.25, 0.3) is 5.65 Å². The molecule has 1 fully saturated rings. The quantitative estimate of drug-likeness (QED) is 0.856. The molecule has 0 aromatic carbocycles. The zero-order valence-corrected chi connectivity index (χ0v) is 11.0. The number of nitrogens with zero attached hydrogens (tertiary/aromatic N) is 5. The predicted molar refractivity (Wildman–Crippen MR) is 70.2 cm³/mol. The number of nitrogens with one attached hydrogen (secondary N) is 1. The lowest BCUT2D eigenvalue weighted by Gasteiger charge is -2.33. The van der Waals surface area contributed by atoms with Crippen LogP contribution in [-0.4, -0.2) is 42.9 Å². The first-order valence-corrected chi connectivity index (χ1v) is 6.72. The summed E-state index contributed by atoms with van der Waals surface area (Å²) in [7, 11) is 0. The Hall–Kier alpha value is -2.25. The number of hydrogen-bond donors (Lipinski definition) is 2. The molecule has 2 aromatic rings. The fraction of sp³-hybridized carbons (Fsp3) is 0.583. The third kappa shape index (κ3) is 2.28. The van der Waals surface area contributed by atoms with Gasteiger partial charge in [0.25, 0.3) is 0 Å². The molecule has 106 valence electrons. The molecule has 1 saturated carbocycles. The summed E-state index contributed by atoms with van der Waals surface area (Å²) in [6.07, 6.45) is 4.47. The molecule has 2 aromatic heterocycles. The third-order valence-electron chi connectivity index (χ3n) is 3.94. The maximum absolute atomic E-state index is 11.6. The maximum atomic E-state index is 11.6. The number of tetrazole rings is 1. The van der Waals surface area contributed by atoms with Gasteiger partial charge in [0.15, 0.2) is 5.65 Å². The van der Waals surface area contributed by atoms with Crippen molar-refractivity contribution in [2.75, 3.05) is 11.9 Å². The minimum Gasteiger partial charge on any atom is -0.481 e. The molecule has 0 radical (unpaired) electrons. The highest BCUT2D eigenvalue weighted by atomic mass is 16.4. The van der Waals surface area contributed by atoms with E-state index >= 15 is 0 Å². The van der Waals surface area contributed by atoms with Gasteiger partial charge >= 0.3 is 5.97 Å². The largest absolute Gasteiger partial charge is 0.481 e. The van der Waals surface area contributed by atoms with Crippen molar-refractivity contribution in [3.63, 3.8) is 0 Å². The summed E-state index contributed by atoms with van der Waals surface area (Å²) in [6.45, 7) is 0.378. The molecule has 3 rings (SSSR count). The first-order chi connectivity index (χ1) is 9.70. The van der Waals surface area contributed by atoms with Gasteiger partial charge in [-0.25, -0.2) is 0 Å². The average Bonchev–Trinajstić information content (AvgIpc) is 2.93. The molecule has 2 heterocycles. The molecule has 20 heavy (non-hydrogen) atoms. The predicted octanol–water partition coefficient (Wildman–Crippen LogP) is 0.966. The van der Waals surface area contributed by atoms with E-state index in [9.17, 15) is 9.90 Å². The Morgan fingerprint density at radius 1 is 1.35 bits per heavy atom. The topological polar surface area (TPSA) is 105 Å². The summed E-state index contributed by atoms with van der Waals surface area (Å²) in [5, 5.41) is 27.8. The van der Waals surface area contributed by atoms with Crippen LogP contribution in [0, 0.1) is 5.41 Å². The highest BCUT2D eigenvalue weighted by molar-refractivity contribution is 5.75. The number of hydrogen-bond acceptors (Lipinski definition) is 6. The molecule has 0 aliphatic heterocycles. The SMILES string of the molecule is O=C(O)C1(CNc2ccc3nnnn3n2)CCCCC1. The molecule has 0 spiro atoms. The first kappa shape index (κ1) is 12.8. The van der Waals surface area contributed by atoms with Gasteiger partial charge < -0.3 is 10.4 Å². The molecule has 0 atom stereocenters. The van der Waals surface area contributed by atoms with Crippen molar-refractivity contribution in [3.8, 4) is 0 Å². The minimum atomic E-state index is -0.729. The standard InChI is InChI=1S/C12H16N6O2/c19-11(20)12(6-2-1-3-7-12)8-13-9-4-5-10-14-16-17-18(10)15-9/h4-5H,1-3,6-8H2,(H,13,15)(H,19,20). The lowest BCUT2D eigenvalue weighted by molar-refractivity contribution is -0.150. The Morgan fingerprint density at radius 3 is 2.90 bits per heavy atom. The molecular weight excluding hydrogens is 260 g/mol. The average molecular weight is 276 g/mol. The lowest BCUT2D eigenvalue weighted by atomic mass is 9.74. The lowest BCUT2D eigenvalue weighted by Crippen LogP contribution is -2.39. The Labute approximate surface area is 115 Å². The first-order valence-electron chi connectivity index (χ1n) is 6.72. The van der Waals surface area contributed by atoms with Crippen LogP contribution >= 0.6 is 0 Å². The van der Waals surface area contributed by atoms with E-state index < -0.39 is 11.4 Å². The van der Waals surface area contributed by atoms with Crippen molar-refractivity contribution in [2.45, 2.75) is 32.1 Å². The zero-order valence-electron chi connectivity index (χ0n) is 11.0. The Morgan fingerprint density at radius 2 is 2.15 bits per heavy atom. The number of carboxylic acids is 1. The van der Waals surface area contributed by atoms with Crippen molar-refractivity contribution in [1.82, 2.24) is 25.3 Å². The number of aliphatic carboxylic acids is 1. The summed E-state index contributed by atoms with van der Waals surface area (Å²) in [5.74, 6) is -0.149. The smallest absolute Gasteiger partial charge is 0.311 e. The van der Waals surface area contributed by atoms with Crippen molar-refractivity contribution in [3.05, 3.63) is 12.1 Å². The van der Waals surface area contributed by atoms with Crippen LogP contribution in [0.5, 0.6) is 0 Å². The van der Waals surface area contributed by atoms with E-state index in [4.69, 9.17) is 0 Å². The molecule has 8 nitrogen and oxygen atoms in total. The van der Waals surface area contributed by atoms with Crippen LogP contribution in [0.2, 0.25) is 0 Å². The molecule has 0 bridgehead atoms. The van der Waals surface area contributed by atoms with E-state index in [0.29, 0.717) is 30.9 Å². The second kappa shape index (κ2) is 5.03. The van der Waals surface area contributed by atoms with Gasteiger partial charge in [-0.2, -0.15) is 0 Å². The van der Waals surface area contributed by atoms with Crippen LogP contribution in [0.3, 0.4) is 0 Å². The normalized spacial score (nSPS) is 18.0. The van der Waals surface area contributed by atoms with Crippen LogP contribution in [0.15, 0.2) is 12.1 Å². The molecular formula is C12H16N6O2. The van der Waals surface area contributed by atoms with Gasteiger partial charge in [-0.3, -0.25) is 4.79 Å². The highest BCUT2D eigenvalue weighted by Crippen LogP contribution is 2.36. The molecule has 0 amide bonds. The Balaban J connectivity index is 1.74. The van der Waals surface area contributed by atoms with E-state index in [1.165, 1.54) is 4.63 Å². The molecule has 0 unspecified atom stereocenters. The van der Waals surface area contributed by atoms with Gasteiger partial charge in [0.1, 0.15) is 5.82 Å². The fourth-order valence-electron chi connectivity index (χ4n) is 2.70. The number of rotatable bonds is 4. The van der Waals surface area contributed by atoms with Gasteiger partial charge in [0.05, 0.1) is 5.41 Å². The van der Waals surface area contributed by atoms with Gasteiger partial charge in [-0.05, 0) is 35.4 Å². The van der Waals surface area contributed by atoms with E-state index in [0.717, 1.165) is 19.3 Å². The number of aromatic nitrogens is 5. The number of anilines is 1. The van der Waals surface area contributed by atoms with Crippen molar-refractivity contribution < 1.29 is 9.90 Å². The summed E-state index contributed by atoms with van der Waals surface area (Å²) >= 11 is 0. The van der Waals surface area contributed by atoms with Crippen LogP contribution in [0.4, 0.5) is 5.82 Å². The second-order valence-corrected chi connectivity index (χ2v) is 5.24. The van der Waals surface area contributed by atoms with Crippen molar-refractivity contribution in [2.24, 2.45) is 5.41 Å². The molecule has 0 saturated heterocycles. The summed E-state index contributed by atoms with van der Waals surface area (Å²) in [4.78, 5) is 11.6. The fourth-order valence-corrected chi connectivity index (χ4v) is 2.70. The monoisotopic (exact) mass is 276 g/mol. The van der Waals surface area contributed by atoms with E-state index in [2.05, 4.69) is 25.9 Å². The van der Waals surface area contributed by atoms with Crippen LogP contribution in [-0.2, 0) is 4.79 Å². The molecule has 1 aliphatic rings. The molecule has 1 aliphatic carbocycles. The van der Waals surface area contributed by atoms with Gasteiger partial charge in [0.2, 0.25) is 0 Å².